The molecular formula is C11H20N2O5. The average molecular weight is 260 g/mol. The molecule has 0 aliphatic carbocycles. The van der Waals surface area contributed by atoms with Gasteiger partial charge in [-0.05, 0) is 27.2 Å². The van der Waals surface area contributed by atoms with Gasteiger partial charge in [0.05, 0.1) is 0 Å². The largest absolute Gasteiger partial charge is 0.481 e. The van der Waals surface area contributed by atoms with Gasteiger partial charge in [-0.25, -0.2) is 4.79 Å². The van der Waals surface area contributed by atoms with E-state index in [0.29, 0.717) is 0 Å². The molecule has 0 spiro atoms. The molecule has 0 saturated carbocycles. The zero-order chi connectivity index (χ0) is 14.5. The van der Waals surface area contributed by atoms with Crippen LogP contribution in [-0.4, -0.2) is 46.7 Å². The third-order valence-corrected chi connectivity index (χ3v) is 2.11. The number of carbonyl (C=O) groups is 3. The van der Waals surface area contributed by atoms with Crippen LogP contribution < -0.4 is 5.73 Å². The number of carboxylic acid groups (broad SMARTS) is 1. The lowest BCUT2D eigenvalue weighted by Gasteiger charge is -2.28. The van der Waals surface area contributed by atoms with Crippen LogP contribution in [0.2, 0.25) is 0 Å². The lowest BCUT2D eigenvalue weighted by atomic mass is 10.1. The van der Waals surface area contributed by atoms with E-state index in [0.717, 1.165) is 4.90 Å². The number of likely N-dealkylation sites (N-methyl/N-ethyl adjacent to an activating group) is 1. The van der Waals surface area contributed by atoms with Crippen LogP contribution >= 0.6 is 0 Å². The fourth-order valence-electron chi connectivity index (χ4n) is 1.25. The molecule has 0 radical (unpaired) electrons. The smallest absolute Gasteiger partial charge is 0.410 e. The molecule has 0 aliphatic heterocycles. The Balaban J connectivity index is 4.65. The maximum atomic E-state index is 11.7. The molecular weight excluding hydrogens is 240 g/mol. The molecule has 2 amide bonds. The standard InChI is InChI=1S/C11H20N2O5/c1-11(2,3)18-10(17)13(4)7(9(12)16)5-6-8(14)15/h7H,5-6H2,1-4H3,(H2,12,16)(H,14,15)/t7-/m0/s1. The van der Waals surface area contributed by atoms with Crippen LogP contribution in [0.15, 0.2) is 0 Å². The Kier molecular flexibility index (Phi) is 5.61. The van der Waals surface area contributed by atoms with Gasteiger partial charge in [0.1, 0.15) is 11.6 Å². The van der Waals surface area contributed by atoms with Crippen molar-refractivity contribution in [2.75, 3.05) is 7.05 Å². The second-order valence-electron chi connectivity index (χ2n) is 4.94. The summed E-state index contributed by atoms with van der Waals surface area (Å²) in [5.74, 6) is -1.82. The van der Waals surface area contributed by atoms with Crippen molar-refractivity contribution in [1.82, 2.24) is 4.90 Å². The molecule has 0 aromatic heterocycles. The van der Waals surface area contributed by atoms with Crippen LogP contribution in [0.5, 0.6) is 0 Å². The van der Waals surface area contributed by atoms with E-state index in [-0.39, 0.29) is 12.8 Å². The molecule has 0 fully saturated rings. The number of hydrogen-bond acceptors (Lipinski definition) is 4. The highest BCUT2D eigenvalue weighted by molar-refractivity contribution is 5.84. The third kappa shape index (κ3) is 6.07. The van der Waals surface area contributed by atoms with Gasteiger partial charge in [-0.1, -0.05) is 0 Å². The fourth-order valence-corrected chi connectivity index (χ4v) is 1.25. The molecule has 0 aromatic carbocycles. The number of primary amides is 1. The summed E-state index contributed by atoms with van der Waals surface area (Å²) in [4.78, 5) is 34.4. The molecule has 18 heavy (non-hydrogen) atoms. The fraction of sp³-hybridized carbons (Fsp3) is 0.727. The number of aliphatic carboxylic acids is 1. The van der Waals surface area contributed by atoms with E-state index >= 15 is 0 Å². The quantitative estimate of drug-likeness (QED) is 0.751. The molecule has 0 aliphatic rings. The van der Waals surface area contributed by atoms with Crippen LogP contribution in [0.4, 0.5) is 4.79 Å². The van der Waals surface area contributed by atoms with Gasteiger partial charge in [0, 0.05) is 13.5 Å². The predicted molar refractivity (Wildman–Crippen MR) is 63.8 cm³/mol. The van der Waals surface area contributed by atoms with E-state index in [2.05, 4.69) is 0 Å². The molecule has 0 saturated heterocycles. The number of rotatable bonds is 5. The summed E-state index contributed by atoms with van der Waals surface area (Å²) in [6.07, 6.45) is -1.00. The van der Waals surface area contributed by atoms with Crippen LogP contribution in [-0.2, 0) is 14.3 Å². The minimum Gasteiger partial charge on any atom is -0.481 e. The minimum absolute atomic E-state index is 0.0413. The molecule has 3 N–H and O–H groups in total. The predicted octanol–water partition coefficient (Wildman–Crippen LogP) is 0.572. The SMILES string of the molecule is CN(C(=O)OC(C)(C)C)[C@@H](CCC(=O)O)C(N)=O. The lowest BCUT2D eigenvalue weighted by molar-refractivity contribution is -0.137. The van der Waals surface area contributed by atoms with E-state index in [4.69, 9.17) is 15.6 Å². The number of ether oxygens (including phenoxy) is 1. The number of carbonyl (C=O) groups excluding carboxylic acids is 2. The monoisotopic (exact) mass is 260 g/mol. The maximum Gasteiger partial charge on any atom is 0.410 e. The highest BCUT2D eigenvalue weighted by atomic mass is 16.6. The molecule has 104 valence electrons. The first-order chi connectivity index (χ1) is 8.04. The number of nitrogens with zero attached hydrogens (tertiary/aromatic N) is 1. The van der Waals surface area contributed by atoms with Crippen molar-refractivity contribution < 1.29 is 24.2 Å². The van der Waals surface area contributed by atoms with Crippen molar-refractivity contribution >= 4 is 18.0 Å². The first-order valence-electron chi connectivity index (χ1n) is 5.51. The summed E-state index contributed by atoms with van der Waals surface area (Å²) in [5.41, 5.74) is 4.45. The van der Waals surface area contributed by atoms with Gasteiger partial charge in [0.15, 0.2) is 0 Å². The van der Waals surface area contributed by atoms with E-state index in [9.17, 15) is 14.4 Å². The Labute approximate surface area is 106 Å². The Morgan fingerprint density at radius 3 is 2.17 bits per heavy atom. The Hall–Kier alpha value is -1.79. The zero-order valence-electron chi connectivity index (χ0n) is 11.1. The van der Waals surface area contributed by atoms with E-state index in [1.54, 1.807) is 20.8 Å². The Morgan fingerprint density at radius 2 is 1.83 bits per heavy atom. The number of nitrogens with two attached hydrogens (primary N) is 1. The van der Waals surface area contributed by atoms with E-state index in [1.165, 1.54) is 7.05 Å². The first kappa shape index (κ1) is 16.2. The molecule has 0 unspecified atom stereocenters. The normalized spacial score (nSPS) is 12.7. The molecule has 1 atom stereocenters. The number of carboxylic acids is 1. The zero-order valence-corrected chi connectivity index (χ0v) is 11.1. The van der Waals surface area contributed by atoms with Gasteiger partial charge in [0.2, 0.25) is 5.91 Å². The van der Waals surface area contributed by atoms with Gasteiger partial charge >= 0.3 is 12.1 Å². The van der Waals surface area contributed by atoms with Crippen molar-refractivity contribution in [2.45, 2.75) is 45.3 Å². The lowest BCUT2D eigenvalue weighted by Crippen LogP contribution is -2.47. The van der Waals surface area contributed by atoms with Crippen molar-refractivity contribution in [3.05, 3.63) is 0 Å². The van der Waals surface area contributed by atoms with Gasteiger partial charge in [0.25, 0.3) is 0 Å². The second kappa shape index (κ2) is 6.23. The van der Waals surface area contributed by atoms with Crippen molar-refractivity contribution in [2.24, 2.45) is 5.73 Å². The van der Waals surface area contributed by atoms with Gasteiger partial charge in [-0.2, -0.15) is 0 Å². The van der Waals surface area contributed by atoms with Crippen molar-refractivity contribution in [3.8, 4) is 0 Å². The van der Waals surface area contributed by atoms with Crippen LogP contribution in [0, 0.1) is 0 Å². The molecule has 0 aromatic rings. The van der Waals surface area contributed by atoms with Gasteiger partial charge in [-0.3, -0.25) is 14.5 Å². The van der Waals surface area contributed by atoms with E-state index in [1.807, 2.05) is 0 Å². The highest BCUT2D eigenvalue weighted by Crippen LogP contribution is 2.13. The van der Waals surface area contributed by atoms with Crippen molar-refractivity contribution in [3.63, 3.8) is 0 Å². The molecule has 0 heterocycles. The van der Waals surface area contributed by atoms with Crippen LogP contribution in [0.1, 0.15) is 33.6 Å². The van der Waals surface area contributed by atoms with Gasteiger partial charge < -0.3 is 15.6 Å². The third-order valence-electron chi connectivity index (χ3n) is 2.11. The Bertz CT molecular complexity index is 335. The topological polar surface area (TPSA) is 110 Å². The second-order valence-corrected chi connectivity index (χ2v) is 4.94. The maximum absolute atomic E-state index is 11.7. The summed E-state index contributed by atoms with van der Waals surface area (Å²) in [6, 6.07) is -0.990. The van der Waals surface area contributed by atoms with Crippen LogP contribution in [0.25, 0.3) is 0 Å². The van der Waals surface area contributed by atoms with Crippen molar-refractivity contribution in [1.29, 1.82) is 0 Å². The summed E-state index contributed by atoms with van der Waals surface area (Å²) < 4.78 is 5.07. The van der Waals surface area contributed by atoms with E-state index < -0.39 is 29.6 Å². The highest BCUT2D eigenvalue weighted by Gasteiger charge is 2.29. The summed E-state index contributed by atoms with van der Waals surface area (Å²) in [7, 11) is 1.35. The summed E-state index contributed by atoms with van der Waals surface area (Å²) in [5, 5.41) is 8.56. The summed E-state index contributed by atoms with van der Waals surface area (Å²) in [6.45, 7) is 5.07. The minimum atomic E-state index is -1.06. The molecule has 7 nitrogen and oxygen atoms in total. The van der Waals surface area contributed by atoms with Crippen LogP contribution in [0.3, 0.4) is 0 Å². The summed E-state index contributed by atoms with van der Waals surface area (Å²) >= 11 is 0. The van der Waals surface area contributed by atoms with Gasteiger partial charge in [-0.15, -0.1) is 0 Å². The Morgan fingerprint density at radius 1 is 1.33 bits per heavy atom. The molecule has 0 rings (SSSR count). The number of hydrogen-bond donors (Lipinski definition) is 2. The number of amides is 2. The molecule has 0 bridgehead atoms. The first-order valence-corrected chi connectivity index (χ1v) is 5.51. The average Bonchev–Trinajstić information content (AvgIpc) is 2.13. The molecule has 7 heteroatoms.